The third kappa shape index (κ3) is 4.79. The summed E-state index contributed by atoms with van der Waals surface area (Å²) in [5, 5.41) is 42.2. The summed E-state index contributed by atoms with van der Waals surface area (Å²) in [7, 11) is 2.93. The highest BCUT2D eigenvalue weighted by atomic mass is 16.5. The number of rotatable bonds is 7. The Balaban J connectivity index is 1.36. The first-order valence-corrected chi connectivity index (χ1v) is 13.5. The van der Waals surface area contributed by atoms with E-state index >= 15 is 0 Å². The van der Waals surface area contributed by atoms with Crippen molar-refractivity contribution in [3.63, 3.8) is 0 Å². The first-order valence-electron chi connectivity index (χ1n) is 13.5. The van der Waals surface area contributed by atoms with Crippen molar-refractivity contribution in [2.45, 2.75) is 38.1 Å². The van der Waals surface area contributed by atoms with E-state index in [1.165, 1.54) is 14.2 Å². The van der Waals surface area contributed by atoms with E-state index in [0.29, 0.717) is 30.9 Å². The summed E-state index contributed by atoms with van der Waals surface area (Å²) in [6.07, 6.45) is 0.437. The van der Waals surface area contributed by atoms with Crippen LogP contribution in [-0.4, -0.2) is 41.3 Å². The minimum absolute atomic E-state index is 0.0409. The first kappa shape index (κ1) is 26.8. The van der Waals surface area contributed by atoms with Crippen molar-refractivity contribution in [1.29, 1.82) is 0 Å². The summed E-state index contributed by atoms with van der Waals surface area (Å²) in [4.78, 5) is 0. The zero-order valence-corrected chi connectivity index (χ0v) is 22.9. The number of aromatic hydroxyl groups is 2. The van der Waals surface area contributed by atoms with Crippen LogP contribution in [0.5, 0.6) is 34.5 Å². The van der Waals surface area contributed by atoms with Crippen LogP contribution < -0.4 is 18.9 Å². The molecule has 1 heterocycles. The van der Waals surface area contributed by atoms with E-state index in [0.717, 1.165) is 44.5 Å². The summed E-state index contributed by atoms with van der Waals surface area (Å²) < 4.78 is 23.0. The van der Waals surface area contributed by atoms with Gasteiger partial charge in [-0.2, -0.15) is 0 Å². The molecule has 0 bridgehead atoms. The molecule has 8 heteroatoms. The zero-order chi connectivity index (χ0) is 28.7. The fraction of sp³-hybridized carbons (Fsp3) is 0.273. The molecule has 2 aliphatic rings. The van der Waals surface area contributed by atoms with Gasteiger partial charge in [-0.15, -0.1) is 0 Å². The monoisotopic (exact) mass is 556 g/mol. The Morgan fingerprint density at radius 2 is 1.56 bits per heavy atom. The maximum atomic E-state index is 11.7. The maximum absolute atomic E-state index is 11.7. The van der Waals surface area contributed by atoms with Crippen LogP contribution in [0.4, 0.5) is 0 Å². The lowest BCUT2D eigenvalue weighted by Gasteiger charge is -2.35. The van der Waals surface area contributed by atoms with E-state index in [4.69, 9.17) is 18.9 Å². The topological polar surface area (TPSA) is 118 Å². The Morgan fingerprint density at radius 3 is 2.29 bits per heavy atom. The van der Waals surface area contributed by atoms with Crippen LogP contribution in [0.15, 0.2) is 60.7 Å². The van der Waals surface area contributed by atoms with Gasteiger partial charge in [-0.25, -0.2) is 0 Å². The van der Waals surface area contributed by atoms with Crippen LogP contribution in [-0.2, 0) is 26.1 Å². The first-order chi connectivity index (χ1) is 19.9. The van der Waals surface area contributed by atoms with Crippen molar-refractivity contribution in [2.24, 2.45) is 0 Å². The largest absolute Gasteiger partial charge is 0.508 e. The number of hydrogen-bond acceptors (Lipinski definition) is 8. The number of phenols is 2. The average Bonchev–Trinajstić information content (AvgIpc) is 2.99. The fourth-order valence-corrected chi connectivity index (χ4v) is 5.98. The van der Waals surface area contributed by atoms with Crippen LogP contribution in [0.1, 0.15) is 45.4 Å². The summed E-state index contributed by atoms with van der Waals surface area (Å²) >= 11 is 0. The van der Waals surface area contributed by atoms with Crippen molar-refractivity contribution in [2.75, 3.05) is 20.8 Å². The number of aliphatic hydroxyl groups is 2. The molecule has 212 valence electrons. The molecule has 2 unspecified atom stereocenters. The summed E-state index contributed by atoms with van der Waals surface area (Å²) in [6, 6.07) is 18.2. The molecule has 2 atom stereocenters. The molecule has 4 aromatic carbocycles. The van der Waals surface area contributed by atoms with Gasteiger partial charge in [0.15, 0.2) is 11.5 Å². The van der Waals surface area contributed by atoms with E-state index in [1.54, 1.807) is 24.3 Å². The van der Waals surface area contributed by atoms with Gasteiger partial charge in [0.1, 0.15) is 23.9 Å². The molecule has 41 heavy (non-hydrogen) atoms. The second-order valence-corrected chi connectivity index (χ2v) is 10.4. The van der Waals surface area contributed by atoms with Gasteiger partial charge in [0, 0.05) is 23.1 Å². The fourth-order valence-electron chi connectivity index (χ4n) is 5.98. The van der Waals surface area contributed by atoms with Crippen molar-refractivity contribution in [3.05, 3.63) is 94.0 Å². The number of methoxy groups -OCH3 is 2. The minimum atomic E-state index is -0.874. The number of phenolic OH excluding ortho intramolecular Hbond substituents is 2. The molecule has 4 N–H and O–H groups in total. The SMILES string of the molecule is COc1cc(C2COc3ccc4c(c3C2O)CCc2c(OCc3cccc(CO)c3)cc(O)cc2-4)cc(OC)c1O. The summed E-state index contributed by atoms with van der Waals surface area (Å²) in [5.41, 5.74) is 6.91. The van der Waals surface area contributed by atoms with E-state index in [9.17, 15) is 20.4 Å². The van der Waals surface area contributed by atoms with Crippen molar-refractivity contribution in [3.8, 4) is 45.6 Å². The lowest BCUT2D eigenvalue weighted by atomic mass is 9.77. The third-order valence-electron chi connectivity index (χ3n) is 8.02. The molecule has 0 fully saturated rings. The second-order valence-electron chi connectivity index (χ2n) is 10.4. The molecule has 1 aliphatic carbocycles. The number of hydrogen-bond donors (Lipinski definition) is 4. The van der Waals surface area contributed by atoms with Crippen LogP contribution in [0.25, 0.3) is 11.1 Å². The van der Waals surface area contributed by atoms with Crippen molar-refractivity contribution >= 4 is 0 Å². The normalized spacial score (nSPS) is 17.1. The standard InChI is InChI=1S/C33H32O8/c1-38-29-11-20(12-30(39-2)33(29)37)26-17-41-27-9-8-22-24(31(27)32(26)36)7-6-23-25(22)13-21(35)14-28(23)40-16-19-5-3-4-18(10-19)15-34/h3-5,8-14,26,32,34-37H,6-7,15-17H2,1-2H3. The van der Waals surface area contributed by atoms with Crippen molar-refractivity contribution < 1.29 is 39.4 Å². The van der Waals surface area contributed by atoms with Gasteiger partial charge in [0.2, 0.25) is 5.75 Å². The molecule has 8 nitrogen and oxygen atoms in total. The Morgan fingerprint density at radius 1 is 0.829 bits per heavy atom. The Bertz CT molecular complexity index is 1590. The van der Waals surface area contributed by atoms with Gasteiger partial charge >= 0.3 is 0 Å². The van der Waals surface area contributed by atoms with Crippen molar-refractivity contribution in [1.82, 2.24) is 0 Å². The molecular formula is C33H32O8. The molecule has 0 saturated carbocycles. The van der Waals surface area contributed by atoms with E-state index in [-0.39, 0.29) is 36.2 Å². The van der Waals surface area contributed by atoms with E-state index in [2.05, 4.69) is 0 Å². The molecule has 0 spiro atoms. The van der Waals surface area contributed by atoms with Crippen LogP contribution in [0.3, 0.4) is 0 Å². The molecular weight excluding hydrogens is 524 g/mol. The summed E-state index contributed by atoms with van der Waals surface area (Å²) in [6.45, 7) is 0.506. The second kappa shape index (κ2) is 10.9. The third-order valence-corrected chi connectivity index (χ3v) is 8.02. The smallest absolute Gasteiger partial charge is 0.200 e. The highest BCUT2D eigenvalue weighted by Crippen LogP contribution is 2.50. The predicted molar refractivity (Wildman–Crippen MR) is 152 cm³/mol. The Hall–Kier alpha value is -4.40. The number of benzene rings is 4. The van der Waals surface area contributed by atoms with Gasteiger partial charge in [-0.05, 0) is 70.5 Å². The molecule has 0 radical (unpaired) electrons. The number of ether oxygens (including phenoxy) is 4. The lowest BCUT2D eigenvalue weighted by molar-refractivity contribution is 0.0877. The van der Waals surface area contributed by atoms with Crippen LogP contribution >= 0.6 is 0 Å². The van der Waals surface area contributed by atoms with Gasteiger partial charge < -0.3 is 39.4 Å². The molecule has 6 rings (SSSR count). The number of fused-ring (bicyclic) bond motifs is 5. The number of aliphatic hydroxyl groups excluding tert-OH is 2. The highest BCUT2D eigenvalue weighted by Gasteiger charge is 2.36. The molecule has 0 saturated heterocycles. The Labute approximate surface area is 238 Å². The highest BCUT2D eigenvalue weighted by molar-refractivity contribution is 5.79. The van der Waals surface area contributed by atoms with Crippen LogP contribution in [0.2, 0.25) is 0 Å². The van der Waals surface area contributed by atoms with Gasteiger partial charge in [-0.3, -0.25) is 0 Å². The Kier molecular flexibility index (Phi) is 7.11. The zero-order valence-electron chi connectivity index (χ0n) is 22.9. The van der Waals surface area contributed by atoms with Crippen LogP contribution in [0, 0.1) is 0 Å². The van der Waals surface area contributed by atoms with E-state index < -0.39 is 12.0 Å². The summed E-state index contributed by atoms with van der Waals surface area (Å²) in [5.74, 6) is 1.32. The molecule has 1 aliphatic heterocycles. The molecule has 0 amide bonds. The lowest BCUT2D eigenvalue weighted by Crippen LogP contribution is -2.26. The minimum Gasteiger partial charge on any atom is -0.508 e. The molecule has 0 aromatic heterocycles. The molecule has 4 aromatic rings. The van der Waals surface area contributed by atoms with Gasteiger partial charge in [0.25, 0.3) is 0 Å². The van der Waals surface area contributed by atoms with E-state index in [1.807, 2.05) is 36.4 Å². The van der Waals surface area contributed by atoms with Gasteiger partial charge in [-0.1, -0.05) is 30.3 Å². The predicted octanol–water partition coefficient (Wildman–Crippen LogP) is 5.16. The maximum Gasteiger partial charge on any atom is 0.200 e. The van der Waals surface area contributed by atoms with Gasteiger partial charge in [0.05, 0.1) is 33.5 Å². The average molecular weight is 557 g/mol. The quantitative estimate of drug-likeness (QED) is 0.247.